The molecule has 1 N–H and O–H groups in total. The summed E-state index contributed by atoms with van der Waals surface area (Å²) >= 11 is 4.86. The lowest BCUT2D eigenvalue weighted by molar-refractivity contribution is 0.0956. The lowest BCUT2D eigenvalue weighted by Crippen LogP contribution is -2.23. The smallest absolute Gasteiger partial charge is 0.262 e. The van der Waals surface area contributed by atoms with Crippen LogP contribution in [0.4, 0.5) is 0 Å². The third kappa shape index (κ3) is 7.11. The average Bonchev–Trinajstić information content (AvgIpc) is 2.83. The van der Waals surface area contributed by atoms with E-state index in [0.717, 1.165) is 22.3 Å². The highest BCUT2D eigenvalue weighted by molar-refractivity contribution is 9.10. The second-order valence-electron chi connectivity index (χ2n) is 4.83. The normalized spacial score (nSPS) is 10.6. The molecular formula is C15H24BrNOS. The lowest BCUT2D eigenvalue weighted by Gasteiger charge is -2.04. The Kier molecular flexibility index (Phi) is 9.18. The minimum atomic E-state index is 0.0461. The van der Waals surface area contributed by atoms with E-state index in [0.29, 0.717) is 0 Å². The molecule has 1 heterocycles. The lowest BCUT2D eigenvalue weighted by atomic mass is 10.1. The summed E-state index contributed by atoms with van der Waals surface area (Å²) in [5, 5.41) is 4.90. The Labute approximate surface area is 129 Å². The number of carbonyl (C=O) groups is 1. The van der Waals surface area contributed by atoms with Crippen molar-refractivity contribution in [1.29, 1.82) is 0 Å². The van der Waals surface area contributed by atoms with Gasteiger partial charge in [-0.1, -0.05) is 51.9 Å². The number of halogens is 1. The van der Waals surface area contributed by atoms with Gasteiger partial charge in [0, 0.05) is 11.0 Å². The first-order valence-corrected chi connectivity index (χ1v) is 8.94. The van der Waals surface area contributed by atoms with Crippen LogP contribution in [0, 0.1) is 0 Å². The monoisotopic (exact) mass is 345 g/mol. The van der Waals surface area contributed by atoms with Crippen molar-refractivity contribution in [3.63, 3.8) is 0 Å². The van der Waals surface area contributed by atoms with Gasteiger partial charge in [-0.2, -0.15) is 0 Å². The summed E-state index contributed by atoms with van der Waals surface area (Å²) < 4.78 is 0.894. The van der Waals surface area contributed by atoms with Crippen LogP contribution >= 0.6 is 27.3 Å². The standard InChI is InChI=1S/C15H24BrNOS/c1-2-3-4-5-6-7-8-9-11-17-15(18)14-13(16)10-12-19-14/h10,12H,2-9,11H2,1H3,(H,17,18). The predicted molar refractivity (Wildman–Crippen MR) is 87.0 cm³/mol. The van der Waals surface area contributed by atoms with E-state index in [9.17, 15) is 4.79 Å². The van der Waals surface area contributed by atoms with Gasteiger partial charge in [-0.25, -0.2) is 0 Å². The molecule has 4 heteroatoms. The van der Waals surface area contributed by atoms with Crippen LogP contribution in [-0.4, -0.2) is 12.5 Å². The number of hydrogen-bond donors (Lipinski definition) is 1. The van der Waals surface area contributed by atoms with Crippen molar-refractivity contribution in [2.75, 3.05) is 6.54 Å². The van der Waals surface area contributed by atoms with Gasteiger partial charge in [0.1, 0.15) is 4.88 Å². The molecule has 0 saturated heterocycles. The highest BCUT2D eigenvalue weighted by atomic mass is 79.9. The van der Waals surface area contributed by atoms with E-state index in [2.05, 4.69) is 28.2 Å². The maximum Gasteiger partial charge on any atom is 0.262 e. The minimum absolute atomic E-state index is 0.0461. The van der Waals surface area contributed by atoms with Gasteiger partial charge >= 0.3 is 0 Å². The summed E-state index contributed by atoms with van der Waals surface area (Å²) in [6.07, 6.45) is 10.4. The maximum atomic E-state index is 11.8. The Morgan fingerprint density at radius 1 is 1.16 bits per heavy atom. The zero-order valence-electron chi connectivity index (χ0n) is 11.7. The van der Waals surface area contributed by atoms with Crippen molar-refractivity contribution < 1.29 is 4.79 Å². The first kappa shape index (κ1) is 16.7. The zero-order valence-corrected chi connectivity index (χ0v) is 14.1. The first-order valence-electron chi connectivity index (χ1n) is 7.27. The summed E-state index contributed by atoms with van der Waals surface area (Å²) in [5.41, 5.74) is 0. The van der Waals surface area contributed by atoms with Gasteiger partial charge in [0.25, 0.3) is 5.91 Å². The topological polar surface area (TPSA) is 29.1 Å². The quantitative estimate of drug-likeness (QED) is 0.566. The van der Waals surface area contributed by atoms with E-state index in [1.807, 2.05) is 11.4 Å². The molecule has 1 aromatic heterocycles. The van der Waals surface area contributed by atoms with Gasteiger partial charge in [0.15, 0.2) is 0 Å². The van der Waals surface area contributed by atoms with Gasteiger partial charge in [-0.3, -0.25) is 4.79 Å². The van der Waals surface area contributed by atoms with Crippen LogP contribution in [0.25, 0.3) is 0 Å². The van der Waals surface area contributed by atoms with Gasteiger partial charge in [-0.15, -0.1) is 11.3 Å². The molecular weight excluding hydrogens is 322 g/mol. The molecule has 108 valence electrons. The number of unbranched alkanes of at least 4 members (excludes halogenated alkanes) is 7. The number of rotatable bonds is 10. The molecule has 2 nitrogen and oxygen atoms in total. The Hall–Kier alpha value is -0.350. The Morgan fingerprint density at radius 2 is 1.79 bits per heavy atom. The van der Waals surface area contributed by atoms with E-state index in [4.69, 9.17) is 0 Å². The second-order valence-corrected chi connectivity index (χ2v) is 6.60. The van der Waals surface area contributed by atoms with Crippen molar-refractivity contribution in [1.82, 2.24) is 5.32 Å². The molecule has 1 aromatic rings. The van der Waals surface area contributed by atoms with Crippen LogP contribution in [0.3, 0.4) is 0 Å². The van der Waals surface area contributed by atoms with Gasteiger partial charge in [0.2, 0.25) is 0 Å². The highest BCUT2D eigenvalue weighted by Crippen LogP contribution is 2.22. The Morgan fingerprint density at radius 3 is 2.37 bits per heavy atom. The zero-order chi connectivity index (χ0) is 13.9. The number of carbonyl (C=O) groups excluding carboxylic acids is 1. The summed E-state index contributed by atoms with van der Waals surface area (Å²) in [7, 11) is 0. The Balaban J connectivity index is 1.96. The molecule has 0 atom stereocenters. The molecule has 0 aromatic carbocycles. The highest BCUT2D eigenvalue weighted by Gasteiger charge is 2.09. The molecule has 0 unspecified atom stereocenters. The van der Waals surface area contributed by atoms with E-state index < -0.39 is 0 Å². The van der Waals surface area contributed by atoms with Crippen molar-refractivity contribution >= 4 is 33.2 Å². The summed E-state index contributed by atoms with van der Waals surface area (Å²) in [5.74, 6) is 0.0461. The fraction of sp³-hybridized carbons (Fsp3) is 0.667. The second kappa shape index (κ2) is 10.4. The molecule has 1 rings (SSSR count). The van der Waals surface area contributed by atoms with E-state index in [1.54, 1.807) is 0 Å². The summed E-state index contributed by atoms with van der Waals surface area (Å²) in [6, 6.07) is 1.91. The molecule has 0 spiro atoms. The van der Waals surface area contributed by atoms with E-state index in [-0.39, 0.29) is 5.91 Å². The van der Waals surface area contributed by atoms with Crippen LogP contribution in [-0.2, 0) is 0 Å². The van der Waals surface area contributed by atoms with E-state index in [1.165, 1.54) is 56.3 Å². The summed E-state index contributed by atoms with van der Waals surface area (Å²) in [4.78, 5) is 12.6. The SMILES string of the molecule is CCCCCCCCCCNC(=O)c1sccc1Br. The molecule has 0 aliphatic heterocycles. The Bertz CT molecular complexity index is 365. The van der Waals surface area contributed by atoms with Crippen molar-refractivity contribution in [3.05, 3.63) is 20.8 Å². The van der Waals surface area contributed by atoms with Crippen molar-refractivity contribution in [2.45, 2.75) is 58.3 Å². The van der Waals surface area contributed by atoms with Crippen LogP contribution in [0.1, 0.15) is 68.0 Å². The maximum absolute atomic E-state index is 11.8. The van der Waals surface area contributed by atoms with Crippen molar-refractivity contribution in [3.8, 4) is 0 Å². The molecule has 0 aliphatic rings. The first-order chi connectivity index (χ1) is 9.25. The third-order valence-corrected chi connectivity index (χ3v) is 4.98. The predicted octanol–water partition coefficient (Wildman–Crippen LogP) is 5.38. The molecule has 0 bridgehead atoms. The molecule has 19 heavy (non-hydrogen) atoms. The third-order valence-electron chi connectivity index (χ3n) is 3.14. The fourth-order valence-corrected chi connectivity index (χ4v) is 3.46. The minimum Gasteiger partial charge on any atom is -0.351 e. The molecule has 1 amide bonds. The fourth-order valence-electron chi connectivity index (χ4n) is 2.00. The van der Waals surface area contributed by atoms with Gasteiger partial charge in [-0.05, 0) is 33.8 Å². The van der Waals surface area contributed by atoms with Crippen LogP contribution in [0.2, 0.25) is 0 Å². The number of nitrogens with one attached hydrogen (secondary N) is 1. The van der Waals surface area contributed by atoms with Gasteiger partial charge in [0.05, 0.1) is 0 Å². The summed E-state index contributed by atoms with van der Waals surface area (Å²) in [6.45, 7) is 3.03. The molecule has 0 saturated carbocycles. The van der Waals surface area contributed by atoms with E-state index >= 15 is 0 Å². The van der Waals surface area contributed by atoms with Crippen LogP contribution < -0.4 is 5.32 Å². The molecule has 0 fully saturated rings. The number of thiophene rings is 1. The molecule has 0 radical (unpaired) electrons. The van der Waals surface area contributed by atoms with Crippen LogP contribution in [0.5, 0.6) is 0 Å². The molecule has 0 aliphatic carbocycles. The van der Waals surface area contributed by atoms with Crippen molar-refractivity contribution in [2.24, 2.45) is 0 Å². The average molecular weight is 346 g/mol. The van der Waals surface area contributed by atoms with Crippen LogP contribution in [0.15, 0.2) is 15.9 Å². The van der Waals surface area contributed by atoms with Gasteiger partial charge < -0.3 is 5.32 Å². The number of hydrogen-bond acceptors (Lipinski definition) is 2. The number of amides is 1. The largest absolute Gasteiger partial charge is 0.351 e.